The van der Waals surface area contributed by atoms with Gasteiger partial charge in [0.05, 0.1) is 13.2 Å². The van der Waals surface area contributed by atoms with E-state index in [0.717, 1.165) is 57.8 Å². The Morgan fingerprint density at radius 3 is 1.54 bits per heavy atom. The van der Waals surface area contributed by atoms with Crippen LogP contribution in [0.5, 0.6) is 0 Å². The largest absolute Gasteiger partial charge is 0.472 e. The summed E-state index contributed by atoms with van der Waals surface area (Å²) in [4.78, 5) is 36.9. The van der Waals surface area contributed by atoms with E-state index in [9.17, 15) is 19.0 Å². The van der Waals surface area contributed by atoms with Crippen LogP contribution in [-0.2, 0) is 32.7 Å². The van der Waals surface area contributed by atoms with E-state index in [4.69, 9.17) is 18.5 Å². The quantitative estimate of drug-likeness (QED) is 0.0285. The predicted molar refractivity (Wildman–Crippen MR) is 224 cm³/mol. The predicted octanol–water partition coefficient (Wildman–Crippen LogP) is 11.7. The molecule has 54 heavy (non-hydrogen) atoms. The molecule has 0 aliphatic carbocycles. The lowest BCUT2D eigenvalue weighted by Gasteiger charge is -2.20. The molecule has 10 heteroatoms. The van der Waals surface area contributed by atoms with Crippen LogP contribution in [0.1, 0.15) is 149 Å². The van der Waals surface area contributed by atoms with E-state index >= 15 is 0 Å². The minimum atomic E-state index is -4.38. The third-order valence-electron chi connectivity index (χ3n) is 8.29. The number of carbonyl (C=O) groups excluding carboxylic acids is 2. The minimum Gasteiger partial charge on any atom is -0.462 e. The maximum Gasteiger partial charge on any atom is 0.472 e. The zero-order valence-corrected chi connectivity index (χ0v) is 35.3. The standard InChI is InChI=1S/C44H76NO8P/c1-5-7-9-11-13-15-17-19-20-21-22-23-24-25-27-28-30-32-34-36-43(46)50-40-42(41-52-54(48,49)51-39-38-45(3)4)53-44(47)37-35-33-31-29-26-18-16-14-12-10-8-6-2/h7,9,13,15,19-20,22-23,25,27,30,32,42H,5-6,8,10-12,14,16-18,21,24,26,28-29,31,33-41H2,1-4H3,(H,48,49)/b9-7-,15-13-,20-19-,23-22-,27-25-,32-30-. The van der Waals surface area contributed by atoms with E-state index in [1.54, 1.807) is 4.90 Å². The van der Waals surface area contributed by atoms with Crippen molar-refractivity contribution in [3.8, 4) is 0 Å². The van der Waals surface area contributed by atoms with Gasteiger partial charge in [0.2, 0.25) is 0 Å². The van der Waals surface area contributed by atoms with Crippen LogP contribution in [0.15, 0.2) is 72.9 Å². The lowest BCUT2D eigenvalue weighted by molar-refractivity contribution is -0.161. The minimum absolute atomic E-state index is 0.00618. The Morgan fingerprint density at radius 1 is 0.593 bits per heavy atom. The third-order valence-corrected chi connectivity index (χ3v) is 9.28. The Hall–Kier alpha value is -2.55. The van der Waals surface area contributed by atoms with Crippen LogP contribution in [0.25, 0.3) is 0 Å². The Morgan fingerprint density at radius 2 is 1.06 bits per heavy atom. The molecular formula is C44H76NO8P. The Labute approximate surface area is 329 Å². The molecule has 0 aromatic carbocycles. The average Bonchev–Trinajstić information content (AvgIpc) is 3.13. The van der Waals surface area contributed by atoms with E-state index in [2.05, 4.69) is 74.6 Å². The highest BCUT2D eigenvalue weighted by Crippen LogP contribution is 2.43. The van der Waals surface area contributed by atoms with Gasteiger partial charge in [-0.05, 0) is 65.5 Å². The number of nitrogens with zero attached hydrogens (tertiary/aromatic N) is 1. The second kappa shape index (κ2) is 38.7. The van der Waals surface area contributed by atoms with Crippen molar-refractivity contribution in [1.82, 2.24) is 4.90 Å². The highest BCUT2D eigenvalue weighted by Gasteiger charge is 2.26. The molecule has 9 nitrogen and oxygen atoms in total. The van der Waals surface area contributed by atoms with Gasteiger partial charge in [-0.3, -0.25) is 18.6 Å². The second-order valence-corrected chi connectivity index (χ2v) is 15.2. The van der Waals surface area contributed by atoms with E-state index in [1.807, 2.05) is 26.2 Å². The number of unbranched alkanes of at least 4 members (excludes halogenated alkanes) is 11. The summed E-state index contributed by atoms with van der Waals surface area (Å²) in [5.74, 6) is -0.906. The van der Waals surface area contributed by atoms with Crippen molar-refractivity contribution in [2.45, 2.75) is 155 Å². The van der Waals surface area contributed by atoms with Crippen molar-refractivity contribution in [2.24, 2.45) is 0 Å². The molecule has 0 spiro atoms. The zero-order valence-electron chi connectivity index (χ0n) is 34.4. The van der Waals surface area contributed by atoms with E-state index in [1.165, 1.54) is 51.4 Å². The third kappa shape index (κ3) is 39.2. The molecule has 0 amide bonds. The highest BCUT2D eigenvalue weighted by molar-refractivity contribution is 7.47. The summed E-state index contributed by atoms with van der Waals surface area (Å²) in [7, 11) is -0.747. The second-order valence-electron chi connectivity index (χ2n) is 13.8. The first-order valence-corrected chi connectivity index (χ1v) is 22.2. The van der Waals surface area contributed by atoms with Crippen molar-refractivity contribution < 1.29 is 37.6 Å². The molecule has 0 heterocycles. The summed E-state index contributed by atoms with van der Waals surface area (Å²) in [5.41, 5.74) is 0. The van der Waals surface area contributed by atoms with E-state index in [-0.39, 0.29) is 26.1 Å². The van der Waals surface area contributed by atoms with Gasteiger partial charge in [0.25, 0.3) is 0 Å². The number of rotatable bonds is 37. The van der Waals surface area contributed by atoms with Crippen molar-refractivity contribution >= 4 is 19.8 Å². The Kier molecular flexibility index (Phi) is 36.9. The molecule has 0 aromatic rings. The van der Waals surface area contributed by atoms with Gasteiger partial charge in [0.1, 0.15) is 6.61 Å². The van der Waals surface area contributed by atoms with Crippen LogP contribution in [0.2, 0.25) is 0 Å². The summed E-state index contributed by atoms with van der Waals surface area (Å²) < 4.78 is 33.3. The number of hydrogen-bond donors (Lipinski definition) is 1. The molecule has 0 aromatic heterocycles. The Balaban J connectivity index is 4.44. The number of esters is 2. The van der Waals surface area contributed by atoms with Gasteiger partial charge < -0.3 is 19.3 Å². The van der Waals surface area contributed by atoms with Crippen LogP contribution >= 0.6 is 7.82 Å². The number of ether oxygens (including phenoxy) is 2. The monoisotopic (exact) mass is 778 g/mol. The molecule has 0 bridgehead atoms. The summed E-state index contributed by atoms with van der Waals surface area (Å²) in [6.07, 6.45) is 45.3. The zero-order chi connectivity index (χ0) is 39.8. The first-order chi connectivity index (χ1) is 26.2. The Bertz CT molecular complexity index is 1130. The van der Waals surface area contributed by atoms with Crippen LogP contribution < -0.4 is 0 Å². The molecule has 0 saturated heterocycles. The van der Waals surface area contributed by atoms with Crippen molar-refractivity contribution in [3.05, 3.63) is 72.9 Å². The average molecular weight is 778 g/mol. The lowest BCUT2D eigenvalue weighted by atomic mass is 10.0. The number of allylic oxidation sites excluding steroid dienone is 12. The number of phosphoric ester groups is 1. The fraction of sp³-hybridized carbons (Fsp3) is 0.682. The maximum atomic E-state index is 12.6. The van der Waals surface area contributed by atoms with Gasteiger partial charge in [-0.25, -0.2) is 4.57 Å². The van der Waals surface area contributed by atoms with Crippen molar-refractivity contribution in [1.29, 1.82) is 0 Å². The van der Waals surface area contributed by atoms with Crippen LogP contribution in [0.4, 0.5) is 0 Å². The van der Waals surface area contributed by atoms with E-state index in [0.29, 0.717) is 19.4 Å². The molecule has 2 unspecified atom stereocenters. The number of carbonyl (C=O) groups is 2. The van der Waals surface area contributed by atoms with Gasteiger partial charge in [0, 0.05) is 19.4 Å². The topological polar surface area (TPSA) is 112 Å². The smallest absolute Gasteiger partial charge is 0.462 e. The van der Waals surface area contributed by atoms with Crippen LogP contribution in [0, 0.1) is 0 Å². The fourth-order valence-electron chi connectivity index (χ4n) is 5.12. The number of likely N-dealkylation sites (N-methyl/N-ethyl adjacent to an activating group) is 1. The molecule has 1 N–H and O–H groups in total. The SMILES string of the molecule is CC/C=C\C/C=C\C/C=C\C/C=C\C/C=C\C/C=C\CCC(=O)OCC(COP(=O)(O)OCCN(C)C)OC(=O)CCCCCCCCCCCCCC. The molecule has 0 aliphatic rings. The van der Waals surface area contributed by atoms with Gasteiger partial charge in [-0.15, -0.1) is 0 Å². The fourth-order valence-corrected chi connectivity index (χ4v) is 5.87. The molecule has 0 saturated carbocycles. The first-order valence-electron chi connectivity index (χ1n) is 20.7. The van der Waals surface area contributed by atoms with Gasteiger partial charge in [0.15, 0.2) is 6.10 Å². The summed E-state index contributed by atoms with van der Waals surface area (Å²) in [6, 6.07) is 0. The number of hydrogen-bond acceptors (Lipinski definition) is 8. The normalized spacial score (nSPS) is 14.2. The summed E-state index contributed by atoms with van der Waals surface area (Å²) in [5, 5.41) is 0. The molecule has 2 atom stereocenters. The molecular weight excluding hydrogens is 701 g/mol. The van der Waals surface area contributed by atoms with Crippen LogP contribution in [0.3, 0.4) is 0 Å². The summed E-state index contributed by atoms with van der Waals surface area (Å²) in [6.45, 7) is 4.10. The maximum absolute atomic E-state index is 12.6. The van der Waals surface area contributed by atoms with Crippen molar-refractivity contribution in [2.75, 3.05) is 40.5 Å². The first kappa shape index (κ1) is 51.5. The van der Waals surface area contributed by atoms with E-state index < -0.39 is 32.5 Å². The lowest BCUT2D eigenvalue weighted by Crippen LogP contribution is -2.29. The highest BCUT2D eigenvalue weighted by atomic mass is 31.2. The molecule has 0 fully saturated rings. The molecule has 0 aliphatic heterocycles. The number of phosphoric acid groups is 1. The molecule has 0 rings (SSSR count). The van der Waals surface area contributed by atoms with Crippen molar-refractivity contribution in [3.63, 3.8) is 0 Å². The molecule has 310 valence electrons. The van der Waals surface area contributed by atoms with Gasteiger partial charge in [-0.1, -0.05) is 157 Å². The van der Waals surface area contributed by atoms with Gasteiger partial charge in [-0.2, -0.15) is 0 Å². The van der Waals surface area contributed by atoms with Crippen LogP contribution in [-0.4, -0.2) is 68.3 Å². The summed E-state index contributed by atoms with van der Waals surface area (Å²) >= 11 is 0. The van der Waals surface area contributed by atoms with Gasteiger partial charge >= 0.3 is 19.8 Å². The molecule has 0 radical (unpaired) electrons.